The zero-order valence-corrected chi connectivity index (χ0v) is 11.1. The van der Waals surface area contributed by atoms with Crippen molar-refractivity contribution in [2.45, 2.75) is 0 Å². The number of nitrogens with zero attached hydrogens (tertiary/aromatic N) is 2. The Balaban J connectivity index is 2.29. The van der Waals surface area contributed by atoms with Crippen LogP contribution in [0.25, 0.3) is 0 Å². The number of anilines is 2. The summed E-state index contributed by atoms with van der Waals surface area (Å²) in [6.45, 7) is 0. The van der Waals surface area contributed by atoms with E-state index in [1.54, 1.807) is 0 Å². The molecule has 9 heteroatoms. The third-order valence-electron chi connectivity index (χ3n) is 2.53. The normalized spacial score (nSPS) is 10.2. The lowest BCUT2D eigenvalue weighted by molar-refractivity contribution is -0.385. The van der Waals surface area contributed by atoms with Crippen molar-refractivity contribution >= 4 is 34.6 Å². The van der Waals surface area contributed by atoms with Gasteiger partial charge in [-0.05, 0) is 18.2 Å². The standard InChI is InChI=1S/C12H8ClFN4O3/c13-11-8(4-7(5-16-11)18(20)21)12(19)17-6-1-2-9(14)10(15)3-6/h1-5H,15H2,(H,17,19). The van der Waals surface area contributed by atoms with Gasteiger partial charge in [-0.25, -0.2) is 9.37 Å². The topological polar surface area (TPSA) is 111 Å². The summed E-state index contributed by atoms with van der Waals surface area (Å²) in [5, 5.41) is 12.9. The molecule has 1 aromatic heterocycles. The fraction of sp³-hybridized carbons (Fsp3) is 0. The van der Waals surface area contributed by atoms with Crippen molar-refractivity contribution in [1.82, 2.24) is 4.98 Å². The summed E-state index contributed by atoms with van der Waals surface area (Å²) in [5.41, 5.74) is 4.91. The highest BCUT2D eigenvalue weighted by atomic mass is 35.5. The maximum absolute atomic E-state index is 13.0. The third-order valence-corrected chi connectivity index (χ3v) is 2.84. The monoisotopic (exact) mass is 310 g/mol. The molecule has 0 aliphatic carbocycles. The van der Waals surface area contributed by atoms with Crippen molar-refractivity contribution < 1.29 is 14.1 Å². The number of halogens is 2. The first-order chi connectivity index (χ1) is 9.88. The van der Waals surface area contributed by atoms with Crippen LogP contribution in [0.2, 0.25) is 5.15 Å². The first kappa shape index (κ1) is 14.7. The number of hydrogen-bond donors (Lipinski definition) is 2. The van der Waals surface area contributed by atoms with Gasteiger partial charge in [-0.2, -0.15) is 0 Å². The first-order valence-electron chi connectivity index (χ1n) is 5.55. The van der Waals surface area contributed by atoms with Crippen LogP contribution in [0.1, 0.15) is 10.4 Å². The second-order valence-electron chi connectivity index (χ2n) is 3.98. The SMILES string of the molecule is Nc1cc(NC(=O)c2cc([N+](=O)[O-])cnc2Cl)ccc1F. The second kappa shape index (κ2) is 5.71. The molecule has 108 valence electrons. The molecule has 21 heavy (non-hydrogen) atoms. The average molecular weight is 311 g/mol. The van der Waals surface area contributed by atoms with Crippen LogP contribution in [0, 0.1) is 15.9 Å². The maximum atomic E-state index is 13.0. The van der Waals surface area contributed by atoms with Gasteiger partial charge in [0.2, 0.25) is 0 Å². The molecule has 0 bridgehead atoms. The Kier molecular flexibility index (Phi) is 3.99. The van der Waals surface area contributed by atoms with E-state index in [0.29, 0.717) is 0 Å². The zero-order chi connectivity index (χ0) is 15.6. The first-order valence-corrected chi connectivity index (χ1v) is 5.92. The fourth-order valence-corrected chi connectivity index (χ4v) is 1.71. The van der Waals surface area contributed by atoms with E-state index in [9.17, 15) is 19.3 Å². The van der Waals surface area contributed by atoms with Crippen LogP contribution >= 0.6 is 11.6 Å². The van der Waals surface area contributed by atoms with Gasteiger partial charge < -0.3 is 11.1 Å². The Bertz CT molecular complexity index is 738. The van der Waals surface area contributed by atoms with Crippen molar-refractivity contribution in [1.29, 1.82) is 0 Å². The molecule has 0 aliphatic heterocycles. The molecule has 0 spiro atoms. The number of hydrogen-bond acceptors (Lipinski definition) is 5. The molecule has 2 rings (SSSR count). The van der Waals surface area contributed by atoms with Crippen LogP contribution < -0.4 is 11.1 Å². The van der Waals surface area contributed by atoms with Crippen LogP contribution in [0.15, 0.2) is 30.5 Å². The average Bonchev–Trinajstić information content (AvgIpc) is 2.43. The van der Waals surface area contributed by atoms with E-state index in [-0.39, 0.29) is 27.8 Å². The molecule has 1 aromatic carbocycles. The van der Waals surface area contributed by atoms with Crippen LogP contribution in [-0.4, -0.2) is 15.8 Å². The molecule has 0 saturated carbocycles. The molecule has 1 heterocycles. The summed E-state index contributed by atoms with van der Waals surface area (Å²) in [6, 6.07) is 4.59. The highest BCUT2D eigenvalue weighted by Crippen LogP contribution is 2.22. The number of rotatable bonds is 3. The van der Waals surface area contributed by atoms with Crippen LogP contribution in [0.5, 0.6) is 0 Å². The number of nitro groups is 1. The van der Waals surface area contributed by atoms with E-state index in [4.69, 9.17) is 17.3 Å². The van der Waals surface area contributed by atoms with Gasteiger partial charge in [0.15, 0.2) is 0 Å². The molecule has 0 aliphatic rings. The van der Waals surface area contributed by atoms with E-state index in [0.717, 1.165) is 18.3 Å². The zero-order valence-electron chi connectivity index (χ0n) is 10.3. The number of pyridine rings is 1. The van der Waals surface area contributed by atoms with Crippen molar-refractivity contribution in [3.63, 3.8) is 0 Å². The number of nitrogens with two attached hydrogens (primary N) is 1. The van der Waals surface area contributed by atoms with Crippen LogP contribution in [0.3, 0.4) is 0 Å². The number of amides is 1. The second-order valence-corrected chi connectivity index (χ2v) is 4.34. The fourth-order valence-electron chi connectivity index (χ4n) is 1.52. The van der Waals surface area contributed by atoms with E-state index in [1.165, 1.54) is 12.1 Å². The van der Waals surface area contributed by atoms with Crippen LogP contribution in [-0.2, 0) is 0 Å². The van der Waals surface area contributed by atoms with Gasteiger partial charge in [0.25, 0.3) is 11.6 Å². The minimum absolute atomic E-state index is 0.143. The van der Waals surface area contributed by atoms with Gasteiger partial charge in [0.05, 0.1) is 16.2 Å². The molecule has 0 fully saturated rings. The minimum atomic E-state index is -0.720. The number of nitrogen functional groups attached to an aromatic ring is 1. The molecular weight excluding hydrogens is 303 g/mol. The molecule has 0 atom stereocenters. The number of carbonyl (C=O) groups excluding carboxylic acids is 1. The highest BCUT2D eigenvalue weighted by Gasteiger charge is 2.17. The lowest BCUT2D eigenvalue weighted by atomic mass is 10.2. The Labute approximate surface area is 122 Å². The van der Waals surface area contributed by atoms with E-state index in [2.05, 4.69) is 10.3 Å². The number of benzene rings is 1. The molecule has 7 nitrogen and oxygen atoms in total. The van der Waals surface area contributed by atoms with Crippen molar-refractivity contribution in [3.05, 3.63) is 57.1 Å². The molecule has 0 saturated heterocycles. The third kappa shape index (κ3) is 3.23. The van der Waals surface area contributed by atoms with Gasteiger partial charge in [-0.1, -0.05) is 11.6 Å². The molecule has 1 amide bonds. The molecular formula is C12H8ClFN4O3. The summed E-state index contributed by atoms with van der Waals surface area (Å²) in [7, 11) is 0. The number of aromatic nitrogens is 1. The summed E-state index contributed by atoms with van der Waals surface area (Å²) in [5.74, 6) is -1.34. The highest BCUT2D eigenvalue weighted by molar-refractivity contribution is 6.33. The number of carbonyl (C=O) groups is 1. The quantitative estimate of drug-likeness (QED) is 0.392. The molecule has 3 N–H and O–H groups in total. The summed E-state index contributed by atoms with van der Waals surface area (Å²) in [4.78, 5) is 25.5. The summed E-state index contributed by atoms with van der Waals surface area (Å²) < 4.78 is 13.0. The lowest BCUT2D eigenvalue weighted by Crippen LogP contribution is -2.13. The summed E-state index contributed by atoms with van der Waals surface area (Å²) >= 11 is 5.74. The van der Waals surface area contributed by atoms with E-state index in [1.807, 2.05) is 0 Å². The molecule has 2 aromatic rings. The van der Waals surface area contributed by atoms with E-state index >= 15 is 0 Å². The predicted octanol–water partition coefficient (Wildman–Crippen LogP) is 2.62. The molecule has 0 unspecified atom stereocenters. The Morgan fingerprint density at radius 1 is 1.43 bits per heavy atom. The van der Waals surface area contributed by atoms with E-state index < -0.39 is 16.6 Å². The lowest BCUT2D eigenvalue weighted by Gasteiger charge is -2.07. The van der Waals surface area contributed by atoms with Crippen LogP contribution in [0.4, 0.5) is 21.5 Å². The van der Waals surface area contributed by atoms with Crippen molar-refractivity contribution in [2.75, 3.05) is 11.1 Å². The predicted molar refractivity (Wildman–Crippen MR) is 74.7 cm³/mol. The largest absolute Gasteiger partial charge is 0.396 e. The summed E-state index contributed by atoms with van der Waals surface area (Å²) in [6.07, 6.45) is 0.939. The van der Waals surface area contributed by atoms with Crippen molar-refractivity contribution in [2.24, 2.45) is 0 Å². The Hall–Kier alpha value is -2.74. The minimum Gasteiger partial charge on any atom is -0.396 e. The number of nitrogens with one attached hydrogen (secondary N) is 1. The smallest absolute Gasteiger partial charge is 0.288 e. The van der Waals surface area contributed by atoms with Crippen molar-refractivity contribution in [3.8, 4) is 0 Å². The van der Waals surface area contributed by atoms with Gasteiger partial charge in [0.1, 0.15) is 17.2 Å². The molecule has 0 radical (unpaired) electrons. The Morgan fingerprint density at radius 2 is 2.14 bits per heavy atom. The van der Waals surface area contributed by atoms with Gasteiger partial charge in [-0.15, -0.1) is 0 Å². The maximum Gasteiger partial charge on any atom is 0.288 e. The Morgan fingerprint density at radius 3 is 2.76 bits per heavy atom. The van der Waals surface area contributed by atoms with Gasteiger partial charge in [-0.3, -0.25) is 14.9 Å². The van der Waals surface area contributed by atoms with Gasteiger partial charge >= 0.3 is 0 Å². The van der Waals surface area contributed by atoms with Gasteiger partial charge in [0, 0.05) is 11.8 Å².